The number of carbonyl (C=O) groups is 1. The molecule has 1 aliphatic heterocycles. The van der Waals surface area contributed by atoms with Crippen LogP contribution >= 0.6 is 15.9 Å². The molecule has 3 nitrogen and oxygen atoms in total. The Bertz CT molecular complexity index is 598. The summed E-state index contributed by atoms with van der Waals surface area (Å²) < 4.78 is 37.5. The van der Waals surface area contributed by atoms with E-state index in [-0.39, 0.29) is 18.0 Å². The Labute approximate surface area is 120 Å². The molecule has 0 aromatic heterocycles. The van der Waals surface area contributed by atoms with Gasteiger partial charge in [-0.05, 0) is 36.6 Å². The molecule has 1 saturated heterocycles. The van der Waals surface area contributed by atoms with Gasteiger partial charge in [0, 0.05) is 10.9 Å². The summed E-state index contributed by atoms with van der Waals surface area (Å²) in [6.07, 6.45) is 1.70. The van der Waals surface area contributed by atoms with E-state index in [4.69, 9.17) is 0 Å². The fraction of sp³-hybridized carbons (Fsp3) is 0.462. The highest BCUT2D eigenvalue weighted by Crippen LogP contribution is 2.24. The first-order chi connectivity index (χ1) is 8.90. The number of benzene rings is 1. The van der Waals surface area contributed by atoms with Crippen molar-refractivity contribution < 1.29 is 17.6 Å². The molecule has 0 aliphatic carbocycles. The lowest BCUT2D eigenvalue weighted by molar-refractivity contribution is -0.118. The summed E-state index contributed by atoms with van der Waals surface area (Å²) in [7, 11) is -3.32. The van der Waals surface area contributed by atoms with Crippen LogP contribution in [-0.4, -0.2) is 25.2 Å². The van der Waals surface area contributed by atoms with Crippen LogP contribution in [0.4, 0.5) is 4.39 Å². The first kappa shape index (κ1) is 14.7. The van der Waals surface area contributed by atoms with Gasteiger partial charge in [-0.15, -0.1) is 0 Å². The molecule has 104 valence electrons. The Morgan fingerprint density at radius 1 is 1.37 bits per heavy atom. The molecule has 0 radical (unpaired) electrons. The highest BCUT2D eigenvalue weighted by Gasteiger charge is 2.34. The van der Waals surface area contributed by atoms with Gasteiger partial charge in [-0.2, -0.15) is 0 Å². The van der Waals surface area contributed by atoms with E-state index in [0.717, 1.165) is 6.42 Å². The van der Waals surface area contributed by atoms with Crippen LogP contribution in [0.1, 0.15) is 24.8 Å². The summed E-state index contributed by atoms with van der Waals surface area (Å²) in [4.78, 5) is 12.1. The van der Waals surface area contributed by atoms with E-state index < -0.39 is 20.9 Å². The Morgan fingerprint density at radius 3 is 2.79 bits per heavy atom. The van der Waals surface area contributed by atoms with Crippen molar-refractivity contribution in [2.24, 2.45) is 0 Å². The third-order valence-electron chi connectivity index (χ3n) is 3.31. The molecular formula is C13H14BrFO3S. The minimum Gasteiger partial charge on any atom is -0.298 e. The first-order valence-electron chi connectivity index (χ1n) is 6.08. The standard InChI is InChI=1S/C13H14BrFO3S/c14-11-5-4-10(15)7-9(11)8-12(16)13-3-1-2-6-19(13,17)18/h4-5,7,13H,1-3,6,8H2. The van der Waals surface area contributed by atoms with Crippen LogP contribution in [0.5, 0.6) is 0 Å². The molecule has 1 unspecified atom stereocenters. The van der Waals surface area contributed by atoms with Crippen molar-refractivity contribution in [1.29, 1.82) is 0 Å². The van der Waals surface area contributed by atoms with Crippen LogP contribution in [0.3, 0.4) is 0 Å². The van der Waals surface area contributed by atoms with Crippen LogP contribution < -0.4 is 0 Å². The van der Waals surface area contributed by atoms with E-state index in [0.29, 0.717) is 22.9 Å². The quantitative estimate of drug-likeness (QED) is 0.843. The van der Waals surface area contributed by atoms with Crippen LogP contribution in [0, 0.1) is 5.82 Å². The van der Waals surface area contributed by atoms with Gasteiger partial charge in [0.25, 0.3) is 0 Å². The molecule has 1 fully saturated rings. The van der Waals surface area contributed by atoms with E-state index >= 15 is 0 Å². The van der Waals surface area contributed by atoms with E-state index in [1.54, 1.807) is 0 Å². The topological polar surface area (TPSA) is 51.2 Å². The van der Waals surface area contributed by atoms with E-state index in [2.05, 4.69) is 15.9 Å². The summed E-state index contributed by atoms with van der Waals surface area (Å²) in [5.41, 5.74) is 0.491. The second-order valence-electron chi connectivity index (χ2n) is 4.73. The average Bonchev–Trinajstić information content (AvgIpc) is 2.33. The van der Waals surface area contributed by atoms with E-state index in [1.165, 1.54) is 18.2 Å². The van der Waals surface area contributed by atoms with Crippen molar-refractivity contribution in [3.63, 3.8) is 0 Å². The summed E-state index contributed by atoms with van der Waals surface area (Å²) in [5.74, 6) is -0.697. The van der Waals surface area contributed by atoms with Crippen molar-refractivity contribution in [1.82, 2.24) is 0 Å². The Balaban J connectivity index is 2.19. The van der Waals surface area contributed by atoms with Gasteiger partial charge in [0.05, 0.1) is 5.75 Å². The molecule has 6 heteroatoms. The van der Waals surface area contributed by atoms with Gasteiger partial charge in [-0.25, -0.2) is 12.8 Å². The van der Waals surface area contributed by atoms with Crippen LogP contribution in [0.2, 0.25) is 0 Å². The molecule has 19 heavy (non-hydrogen) atoms. The zero-order valence-electron chi connectivity index (χ0n) is 10.2. The number of halogens is 2. The fourth-order valence-electron chi connectivity index (χ4n) is 2.30. The van der Waals surface area contributed by atoms with Crippen molar-refractivity contribution in [3.8, 4) is 0 Å². The molecule has 0 amide bonds. The molecule has 0 spiro atoms. The van der Waals surface area contributed by atoms with Crippen molar-refractivity contribution in [3.05, 3.63) is 34.1 Å². The Hall–Kier alpha value is -0.750. The van der Waals surface area contributed by atoms with Crippen molar-refractivity contribution >= 4 is 31.6 Å². The number of carbonyl (C=O) groups excluding carboxylic acids is 1. The summed E-state index contributed by atoms with van der Waals surface area (Å²) in [6, 6.07) is 4.07. The maximum atomic E-state index is 13.1. The minimum atomic E-state index is -3.32. The monoisotopic (exact) mass is 348 g/mol. The third-order valence-corrected chi connectivity index (χ3v) is 6.31. The molecule has 1 aliphatic rings. The number of sulfone groups is 1. The second-order valence-corrected chi connectivity index (χ2v) is 7.89. The average molecular weight is 349 g/mol. The number of Topliss-reactive ketones (excluding diaryl/α,β-unsaturated/α-hetero) is 1. The number of hydrogen-bond acceptors (Lipinski definition) is 3. The molecule has 1 heterocycles. The molecule has 2 rings (SSSR count). The maximum Gasteiger partial charge on any atom is 0.160 e. The minimum absolute atomic E-state index is 0.0533. The van der Waals surface area contributed by atoms with Crippen molar-refractivity contribution in [2.45, 2.75) is 30.9 Å². The van der Waals surface area contributed by atoms with Crippen LogP contribution in [0.15, 0.2) is 22.7 Å². The van der Waals surface area contributed by atoms with E-state index in [9.17, 15) is 17.6 Å². The van der Waals surface area contributed by atoms with Gasteiger partial charge in [0.1, 0.15) is 11.1 Å². The highest BCUT2D eigenvalue weighted by molar-refractivity contribution is 9.10. The predicted molar refractivity (Wildman–Crippen MR) is 74.2 cm³/mol. The third kappa shape index (κ3) is 3.42. The Morgan fingerprint density at radius 2 is 2.11 bits per heavy atom. The molecule has 0 bridgehead atoms. The summed E-state index contributed by atoms with van der Waals surface area (Å²) in [6.45, 7) is 0. The van der Waals surface area contributed by atoms with Gasteiger partial charge in [-0.3, -0.25) is 4.79 Å². The molecule has 1 atom stereocenters. The lowest BCUT2D eigenvalue weighted by atomic mass is 10.0. The molecule has 1 aromatic rings. The number of rotatable bonds is 3. The largest absolute Gasteiger partial charge is 0.298 e. The summed E-state index contributed by atoms with van der Waals surface area (Å²) >= 11 is 3.24. The van der Waals surface area contributed by atoms with E-state index in [1.807, 2.05) is 0 Å². The van der Waals surface area contributed by atoms with Crippen LogP contribution in [0.25, 0.3) is 0 Å². The van der Waals surface area contributed by atoms with Gasteiger partial charge in [0.2, 0.25) is 0 Å². The zero-order chi connectivity index (χ0) is 14.0. The second kappa shape index (κ2) is 5.71. The normalized spacial score (nSPS) is 22.1. The lowest BCUT2D eigenvalue weighted by Gasteiger charge is -2.21. The summed E-state index contributed by atoms with van der Waals surface area (Å²) in [5, 5.41) is -0.920. The first-order valence-corrected chi connectivity index (χ1v) is 8.59. The predicted octanol–water partition coefficient (Wildman–Crippen LogP) is 2.67. The zero-order valence-corrected chi connectivity index (χ0v) is 12.6. The van der Waals surface area contributed by atoms with Gasteiger partial charge < -0.3 is 0 Å². The van der Waals surface area contributed by atoms with Gasteiger partial charge >= 0.3 is 0 Å². The fourth-order valence-corrected chi connectivity index (χ4v) is 4.58. The maximum absolute atomic E-state index is 13.1. The molecule has 1 aromatic carbocycles. The lowest BCUT2D eigenvalue weighted by Crippen LogP contribution is -2.36. The van der Waals surface area contributed by atoms with Gasteiger partial charge in [-0.1, -0.05) is 22.4 Å². The smallest absolute Gasteiger partial charge is 0.160 e. The van der Waals surface area contributed by atoms with Crippen molar-refractivity contribution in [2.75, 3.05) is 5.75 Å². The van der Waals surface area contributed by atoms with Gasteiger partial charge in [0.15, 0.2) is 15.6 Å². The SMILES string of the molecule is O=C(Cc1cc(F)ccc1Br)C1CCCCS1(=O)=O. The molecule has 0 N–H and O–H groups in total. The van der Waals surface area contributed by atoms with Crippen LogP contribution in [-0.2, 0) is 21.1 Å². The molecular weight excluding hydrogens is 335 g/mol. The Kier molecular flexibility index (Phi) is 4.40. The number of hydrogen-bond donors (Lipinski definition) is 0. The molecule has 0 saturated carbocycles. The number of ketones is 1. The highest BCUT2D eigenvalue weighted by atomic mass is 79.9.